The van der Waals surface area contributed by atoms with E-state index < -0.39 is 23.2 Å². The van der Waals surface area contributed by atoms with E-state index in [1.807, 2.05) is 6.92 Å². The lowest BCUT2D eigenvalue weighted by Crippen LogP contribution is -2.24. The molecule has 3 nitrogen and oxygen atoms in total. The van der Waals surface area contributed by atoms with Gasteiger partial charge in [0, 0.05) is 12.1 Å². The maximum absolute atomic E-state index is 13.7. The van der Waals surface area contributed by atoms with E-state index in [1.54, 1.807) is 0 Å². The van der Waals surface area contributed by atoms with Crippen LogP contribution in [0.2, 0.25) is 0 Å². The van der Waals surface area contributed by atoms with Crippen LogP contribution >= 0.6 is 0 Å². The Morgan fingerprint density at radius 1 is 1.18 bits per heavy atom. The second-order valence-electron chi connectivity index (χ2n) is 8.36. The summed E-state index contributed by atoms with van der Waals surface area (Å²) in [5, 5.41) is 8.74. The molecule has 1 aromatic carbocycles. The van der Waals surface area contributed by atoms with Crippen LogP contribution in [0.4, 0.5) is 8.78 Å². The van der Waals surface area contributed by atoms with Crippen LogP contribution in [0.1, 0.15) is 77.7 Å². The van der Waals surface area contributed by atoms with Gasteiger partial charge in [-0.3, -0.25) is 4.79 Å². The van der Waals surface area contributed by atoms with E-state index in [9.17, 15) is 13.6 Å². The van der Waals surface area contributed by atoms with Crippen LogP contribution in [0, 0.1) is 46.6 Å². The zero-order valence-electron chi connectivity index (χ0n) is 17.1. The van der Waals surface area contributed by atoms with Crippen molar-refractivity contribution in [2.24, 2.45) is 23.7 Å². The highest BCUT2D eigenvalue weighted by Crippen LogP contribution is 2.36. The largest absolute Gasteiger partial charge is 0.426 e. The van der Waals surface area contributed by atoms with Crippen molar-refractivity contribution in [2.45, 2.75) is 72.1 Å². The molecule has 1 aromatic rings. The Hall–Kier alpha value is -1.96. The molecule has 5 heteroatoms. The quantitative estimate of drug-likeness (QED) is 0.380. The summed E-state index contributed by atoms with van der Waals surface area (Å²) in [4.78, 5) is 12.6. The third-order valence-corrected chi connectivity index (χ3v) is 6.15. The molecule has 0 spiro atoms. The summed E-state index contributed by atoms with van der Waals surface area (Å²) in [6, 6.07) is 3.26. The van der Waals surface area contributed by atoms with Gasteiger partial charge in [0.2, 0.25) is 0 Å². The number of rotatable bonds is 8. The fourth-order valence-electron chi connectivity index (χ4n) is 4.20. The van der Waals surface area contributed by atoms with E-state index in [4.69, 9.17) is 10.00 Å². The van der Waals surface area contributed by atoms with Gasteiger partial charge in [0.1, 0.15) is 29.0 Å². The van der Waals surface area contributed by atoms with Gasteiger partial charge >= 0.3 is 5.97 Å². The second-order valence-corrected chi connectivity index (χ2v) is 8.36. The van der Waals surface area contributed by atoms with Crippen LogP contribution in [0.25, 0.3) is 0 Å². The van der Waals surface area contributed by atoms with E-state index in [2.05, 4.69) is 13.8 Å². The highest BCUT2D eigenvalue weighted by molar-refractivity contribution is 5.75. The van der Waals surface area contributed by atoms with Crippen molar-refractivity contribution < 1.29 is 18.3 Å². The third-order valence-electron chi connectivity index (χ3n) is 6.15. The van der Waals surface area contributed by atoms with Crippen LogP contribution in [0.5, 0.6) is 5.75 Å². The maximum atomic E-state index is 13.7. The van der Waals surface area contributed by atoms with Gasteiger partial charge in [0.25, 0.3) is 0 Å². The molecule has 0 aromatic heterocycles. The van der Waals surface area contributed by atoms with Gasteiger partial charge in [0.15, 0.2) is 0 Å². The number of benzene rings is 1. The molecule has 1 aliphatic rings. The zero-order valence-corrected chi connectivity index (χ0v) is 17.1. The van der Waals surface area contributed by atoms with Crippen molar-refractivity contribution in [3.8, 4) is 11.8 Å². The van der Waals surface area contributed by atoms with Crippen molar-refractivity contribution >= 4 is 5.97 Å². The summed E-state index contributed by atoms with van der Waals surface area (Å²) >= 11 is 0. The third kappa shape index (κ3) is 6.02. The summed E-state index contributed by atoms with van der Waals surface area (Å²) in [5.41, 5.74) is -0.666. The lowest BCUT2D eigenvalue weighted by atomic mass is 9.75. The Bertz CT molecular complexity index is 682. The minimum absolute atomic E-state index is 0.186. The molecular formula is C23H31F2NO2. The molecule has 0 bridgehead atoms. The lowest BCUT2D eigenvalue weighted by Gasteiger charge is -2.31. The van der Waals surface area contributed by atoms with Gasteiger partial charge in [-0.15, -0.1) is 0 Å². The van der Waals surface area contributed by atoms with Gasteiger partial charge < -0.3 is 4.74 Å². The van der Waals surface area contributed by atoms with Crippen molar-refractivity contribution in [3.63, 3.8) is 0 Å². The van der Waals surface area contributed by atoms with E-state index in [-0.39, 0.29) is 11.7 Å². The topological polar surface area (TPSA) is 50.1 Å². The minimum Gasteiger partial charge on any atom is -0.426 e. The van der Waals surface area contributed by atoms with Gasteiger partial charge in [-0.25, -0.2) is 8.78 Å². The first kappa shape index (κ1) is 22.3. The Morgan fingerprint density at radius 2 is 1.79 bits per heavy atom. The van der Waals surface area contributed by atoms with Crippen molar-refractivity contribution in [2.75, 3.05) is 0 Å². The molecule has 0 heterocycles. The van der Waals surface area contributed by atoms with Crippen molar-refractivity contribution in [3.05, 3.63) is 29.3 Å². The summed E-state index contributed by atoms with van der Waals surface area (Å²) in [6.45, 7) is 6.58. The highest BCUT2D eigenvalue weighted by atomic mass is 19.1. The van der Waals surface area contributed by atoms with Gasteiger partial charge in [0.05, 0.1) is 5.92 Å². The molecule has 1 saturated carbocycles. The van der Waals surface area contributed by atoms with Crippen molar-refractivity contribution in [1.82, 2.24) is 0 Å². The second kappa shape index (κ2) is 10.5. The molecule has 0 saturated heterocycles. The predicted molar refractivity (Wildman–Crippen MR) is 105 cm³/mol. The molecule has 2 unspecified atom stereocenters. The molecule has 2 rings (SSSR count). The van der Waals surface area contributed by atoms with E-state index in [1.165, 1.54) is 31.8 Å². The van der Waals surface area contributed by atoms with Gasteiger partial charge in [-0.2, -0.15) is 5.26 Å². The molecule has 0 aliphatic heterocycles. The summed E-state index contributed by atoms with van der Waals surface area (Å²) in [7, 11) is 0. The molecule has 28 heavy (non-hydrogen) atoms. The Kier molecular flexibility index (Phi) is 8.41. The molecule has 2 atom stereocenters. The number of carbonyl (C=O) groups is 1. The van der Waals surface area contributed by atoms with Crippen LogP contribution in [0.3, 0.4) is 0 Å². The van der Waals surface area contributed by atoms with Gasteiger partial charge in [-0.05, 0) is 49.9 Å². The smallest absolute Gasteiger partial charge is 0.314 e. The fraction of sp³-hybridized carbons (Fsp3) is 0.652. The number of nitriles is 1. The minimum atomic E-state index is -1.02. The molecule has 1 aliphatic carbocycles. The molecule has 1 fully saturated rings. The summed E-state index contributed by atoms with van der Waals surface area (Å²) in [6.07, 6.45) is 8.29. The monoisotopic (exact) mass is 391 g/mol. The number of esters is 1. The van der Waals surface area contributed by atoms with Crippen LogP contribution in [-0.4, -0.2) is 5.97 Å². The van der Waals surface area contributed by atoms with Crippen molar-refractivity contribution in [1.29, 1.82) is 5.26 Å². The first-order valence-corrected chi connectivity index (χ1v) is 10.5. The molecule has 0 N–H and O–H groups in total. The zero-order chi connectivity index (χ0) is 20.7. The molecule has 154 valence electrons. The van der Waals surface area contributed by atoms with E-state index >= 15 is 0 Å². The highest BCUT2D eigenvalue weighted by Gasteiger charge is 2.26. The Balaban J connectivity index is 1.95. The summed E-state index contributed by atoms with van der Waals surface area (Å²) in [5.74, 6) is -0.851. The Morgan fingerprint density at radius 3 is 2.32 bits per heavy atom. The first-order valence-electron chi connectivity index (χ1n) is 10.5. The van der Waals surface area contributed by atoms with Gasteiger partial charge in [-0.1, -0.05) is 40.0 Å². The van der Waals surface area contributed by atoms with Crippen LogP contribution in [0.15, 0.2) is 12.1 Å². The number of ether oxygens (including phenoxy) is 1. The van der Waals surface area contributed by atoms with E-state index in [0.29, 0.717) is 12.3 Å². The average Bonchev–Trinajstić information content (AvgIpc) is 2.65. The summed E-state index contributed by atoms with van der Waals surface area (Å²) < 4.78 is 32.7. The molecular weight excluding hydrogens is 360 g/mol. The fourth-order valence-corrected chi connectivity index (χ4v) is 4.20. The molecule has 0 amide bonds. The van der Waals surface area contributed by atoms with E-state index in [0.717, 1.165) is 43.2 Å². The number of hydrogen-bond donors (Lipinski definition) is 0. The first-order chi connectivity index (χ1) is 13.3. The predicted octanol–water partition coefficient (Wildman–Crippen LogP) is 6.40. The average molecular weight is 392 g/mol. The molecule has 0 radical (unpaired) electrons. The Labute approximate surface area is 167 Å². The number of hydrogen-bond acceptors (Lipinski definition) is 3. The number of nitrogens with zero attached hydrogens (tertiary/aromatic N) is 1. The lowest BCUT2D eigenvalue weighted by molar-refractivity contribution is -0.139. The number of halogens is 2. The van der Waals surface area contributed by atoms with Crippen LogP contribution in [-0.2, 0) is 4.79 Å². The SMILES string of the molecule is CCCC(CCC(C)C1CCC(C)CC1)C(=O)Oc1cc(F)c(C#N)c(F)c1. The van der Waals surface area contributed by atoms with Crippen LogP contribution < -0.4 is 4.74 Å². The standard InChI is InChI=1S/C23H31F2NO2/c1-4-5-18(11-8-16(3)17-9-6-15(2)7-10-17)23(27)28-19-12-21(24)20(14-26)22(25)13-19/h12-13,15-18H,4-11H2,1-3H3. The maximum Gasteiger partial charge on any atom is 0.314 e. The normalized spacial score (nSPS) is 21.6. The number of carbonyl (C=O) groups excluding carboxylic acids is 1.